The maximum Gasteiger partial charge on any atom is 0.124 e. The summed E-state index contributed by atoms with van der Waals surface area (Å²) in [5, 5.41) is 2.19. The van der Waals surface area contributed by atoms with E-state index in [4.69, 9.17) is 23.2 Å². The van der Waals surface area contributed by atoms with Gasteiger partial charge in [-0.2, -0.15) is 0 Å². The van der Waals surface area contributed by atoms with Crippen molar-refractivity contribution >= 4 is 34.0 Å². The van der Waals surface area contributed by atoms with E-state index in [2.05, 4.69) is 13.0 Å². The van der Waals surface area contributed by atoms with Gasteiger partial charge in [-0.15, -0.1) is 11.6 Å². The Morgan fingerprint density at radius 3 is 2.29 bits per heavy atom. The molecule has 3 aromatic carbocycles. The minimum absolute atomic E-state index is 0.347. The van der Waals surface area contributed by atoms with Crippen molar-refractivity contribution in [1.82, 2.24) is 0 Å². The Morgan fingerprint density at radius 2 is 1.57 bits per heavy atom. The average molecular weight is 319 g/mol. The molecule has 0 heterocycles. The fraction of sp³-hybridized carbons (Fsp3) is 0.111. The minimum atomic E-state index is -0.413. The van der Waals surface area contributed by atoms with Crippen LogP contribution < -0.4 is 0 Å². The van der Waals surface area contributed by atoms with Gasteiger partial charge in [-0.3, -0.25) is 0 Å². The molecule has 0 aliphatic carbocycles. The predicted octanol–water partition coefficient (Wildman–Crippen LogP) is 6.27. The summed E-state index contributed by atoms with van der Waals surface area (Å²) in [7, 11) is 0. The van der Waals surface area contributed by atoms with Crippen LogP contribution in [0.4, 0.5) is 4.39 Å². The van der Waals surface area contributed by atoms with Crippen LogP contribution in [0.3, 0.4) is 0 Å². The molecule has 0 amide bonds. The van der Waals surface area contributed by atoms with Crippen molar-refractivity contribution in [1.29, 1.82) is 0 Å². The van der Waals surface area contributed by atoms with Gasteiger partial charge in [-0.1, -0.05) is 54.1 Å². The Kier molecular flexibility index (Phi) is 3.88. The fourth-order valence-corrected chi connectivity index (χ4v) is 3.28. The maximum absolute atomic E-state index is 13.2. The first-order valence-corrected chi connectivity index (χ1v) is 7.46. The van der Waals surface area contributed by atoms with Gasteiger partial charge in [0, 0.05) is 5.02 Å². The van der Waals surface area contributed by atoms with E-state index < -0.39 is 5.38 Å². The van der Waals surface area contributed by atoms with Gasteiger partial charge < -0.3 is 0 Å². The third-order valence-electron chi connectivity index (χ3n) is 3.68. The summed E-state index contributed by atoms with van der Waals surface area (Å²) in [6.07, 6.45) is 0. The van der Waals surface area contributed by atoms with Gasteiger partial charge in [0.1, 0.15) is 5.82 Å². The van der Waals surface area contributed by atoms with Gasteiger partial charge >= 0.3 is 0 Å². The third kappa shape index (κ3) is 2.64. The monoisotopic (exact) mass is 318 g/mol. The second-order valence-corrected chi connectivity index (χ2v) is 5.89. The van der Waals surface area contributed by atoms with Crippen LogP contribution in [0.15, 0.2) is 54.6 Å². The lowest BCUT2D eigenvalue weighted by molar-refractivity contribution is 0.627. The number of fused-ring (bicyclic) bond motifs is 1. The summed E-state index contributed by atoms with van der Waals surface area (Å²) in [5.41, 5.74) is 2.89. The van der Waals surface area contributed by atoms with E-state index in [1.807, 2.05) is 30.3 Å². The Hall–Kier alpha value is -1.57. The van der Waals surface area contributed by atoms with Crippen LogP contribution in [0, 0.1) is 12.7 Å². The zero-order valence-corrected chi connectivity index (χ0v) is 12.9. The summed E-state index contributed by atoms with van der Waals surface area (Å²) >= 11 is 12.7. The van der Waals surface area contributed by atoms with Gasteiger partial charge in [0.25, 0.3) is 0 Å². The molecular formula is C18H13Cl2F. The van der Waals surface area contributed by atoms with Crippen LogP contribution in [0.2, 0.25) is 5.02 Å². The Bertz CT molecular complexity index is 811. The normalized spacial score (nSPS) is 12.6. The van der Waals surface area contributed by atoms with Crippen molar-refractivity contribution in [2.45, 2.75) is 12.3 Å². The predicted molar refractivity (Wildman–Crippen MR) is 87.8 cm³/mol. The zero-order chi connectivity index (χ0) is 15.0. The molecule has 21 heavy (non-hydrogen) atoms. The van der Waals surface area contributed by atoms with Gasteiger partial charge in [0.05, 0.1) is 5.38 Å². The first-order chi connectivity index (χ1) is 10.1. The molecule has 0 aliphatic rings. The molecule has 0 fully saturated rings. The van der Waals surface area contributed by atoms with Crippen LogP contribution in [0.1, 0.15) is 22.1 Å². The summed E-state index contributed by atoms with van der Waals surface area (Å²) in [4.78, 5) is 0. The van der Waals surface area contributed by atoms with E-state index in [1.165, 1.54) is 23.1 Å². The molecule has 0 spiro atoms. The van der Waals surface area contributed by atoms with Crippen LogP contribution in [-0.4, -0.2) is 0 Å². The summed E-state index contributed by atoms with van der Waals surface area (Å²) in [6, 6.07) is 16.5. The smallest absolute Gasteiger partial charge is 0.124 e. The number of hydrogen-bond donors (Lipinski definition) is 0. The summed E-state index contributed by atoms with van der Waals surface area (Å²) in [5.74, 6) is -0.360. The molecule has 0 aromatic heterocycles. The lowest BCUT2D eigenvalue weighted by Crippen LogP contribution is -1.97. The molecule has 0 saturated carbocycles. The molecule has 3 rings (SSSR count). The van der Waals surface area contributed by atoms with Crippen molar-refractivity contribution in [3.63, 3.8) is 0 Å². The molecule has 0 nitrogen and oxygen atoms in total. The second-order valence-electron chi connectivity index (χ2n) is 5.05. The van der Waals surface area contributed by atoms with E-state index in [9.17, 15) is 4.39 Å². The lowest BCUT2D eigenvalue weighted by atomic mass is 9.95. The summed E-state index contributed by atoms with van der Waals surface area (Å²) < 4.78 is 13.2. The van der Waals surface area contributed by atoms with Crippen LogP contribution in [-0.2, 0) is 0 Å². The molecule has 0 aliphatic heterocycles. The Balaban J connectivity index is 2.18. The van der Waals surface area contributed by atoms with Crippen molar-refractivity contribution in [2.75, 3.05) is 0 Å². The maximum atomic E-state index is 13.2. The van der Waals surface area contributed by atoms with Crippen molar-refractivity contribution in [3.05, 3.63) is 82.1 Å². The highest BCUT2D eigenvalue weighted by Gasteiger charge is 2.17. The largest absolute Gasteiger partial charge is 0.207 e. The third-order valence-corrected chi connectivity index (χ3v) is 4.48. The quantitative estimate of drug-likeness (QED) is 0.488. The number of rotatable bonds is 2. The van der Waals surface area contributed by atoms with Crippen LogP contribution in [0.25, 0.3) is 10.8 Å². The molecule has 3 aromatic rings. The topological polar surface area (TPSA) is 0 Å². The first-order valence-electron chi connectivity index (χ1n) is 6.65. The van der Waals surface area contributed by atoms with Crippen molar-refractivity contribution < 1.29 is 4.39 Å². The number of hydrogen-bond acceptors (Lipinski definition) is 0. The van der Waals surface area contributed by atoms with Gasteiger partial charge in [0.2, 0.25) is 0 Å². The van der Waals surface area contributed by atoms with Crippen LogP contribution >= 0.6 is 23.2 Å². The standard InChI is InChI=1S/C18H13Cl2F/c1-11-6-8-15(14-5-3-2-4-13(11)14)18(20)16-9-7-12(21)10-17(16)19/h2-10,18H,1H3. The van der Waals surface area contributed by atoms with Gasteiger partial charge in [-0.25, -0.2) is 4.39 Å². The molecule has 3 heteroatoms. The second kappa shape index (κ2) is 5.67. The molecule has 0 bridgehead atoms. The molecular weight excluding hydrogens is 306 g/mol. The van der Waals surface area contributed by atoms with E-state index in [-0.39, 0.29) is 5.82 Å². The molecule has 0 saturated heterocycles. The average Bonchev–Trinajstić information content (AvgIpc) is 2.47. The number of benzene rings is 3. The molecule has 106 valence electrons. The highest BCUT2D eigenvalue weighted by molar-refractivity contribution is 6.33. The molecule has 1 unspecified atom stereocenters. The minimum Gasteiger partial charge on any atom is -0.207 e. The molecule has 0 radical (unpaired) electrons. The lowest BCUT2D eigenvalue weighted by Gasteiger charge is -2.16. The van der Waals surface area contributed by atoms with Crippen LogP contribution in [0.5, 0.6) is 0 Å². The molecule has 1 atom stereocenters. The first kappa shape index (κ1) is 14.4. The van der Waals surface area contributed by atoms with Gasteiger partial charge in [0.15, 0.2) is 0 Å². The van der Waals surface area contributed by atoms with E-state index in [0.717, 1.165) is 10.9 Å². The molecule has 0 N–H and O–H groups in total. The van der Waals surface area contributed by atoms with Crippen molar-refractivity contribution in [3.8, 4) is 0 Å². The Labute approximate surface area is 133 Å². The fourth-order valence-electron chi connectivity index (χ4n) is 2.57. The van der Waals surface area contributed by atoms with E-state index in [1.54, 1.807) is 6.07 Å². The van der Waals surface area contributed by atoms with Gasteiger partial charge in [-0.05, 0) is 46.5 Å². The van der Waals surface area contributed by atoms with E-state index >= 15 is 0 Å². The number of halogens is 3. The van der Waals surface area contributed by atoms with E-state index in [0.29, 0.717) is 10.6 Å². The Morgan fingerprint density at radius 1 is 0.905 bits per heavy atom. The highest BCUT2D eigenvalue weighted by Crippen LogP contribution is 2.38. The number of aryl methyl sites for hydroxylation is 1. The zero-order valence-electron chi connectivity index (χ0n) is 11.4. The van der Waals surface area contributed by atoms with Crippen molar-refractivity contribution in [2.24, 2.45) is 0 Å². The highest BCUT2D eigenvalue weighted by atomic mass is 35.5. The number of alkyl halides is 1. The SMILES string of the molecule is Cc1ccc(C(Cl)c2ccc(F)cc2Cl)c2ccccc12. The summed E-state index contributed by atoms with van der Waals surface area (Å²) in [6.45, 7) is 2.07.